The van der Waals surface area contributed by atoms with Crippen LogP contribution in [0.2, 0.25) is 0 Å². The molecule has 1 saturated carbocycles. The molecule has 0 unspecified atom stereocenters. The van der Waals surface area contributed by atoms with E-state index in [0.29, 0.717) is 22.5 Å². The first kappa shape index (κ1) is 16.2. The zero-order chi connectivity index (χ0) is 16.4. The lowest BCUT2D eigenvalue weighted by molar-refractivity contribution is -0.146. The molecule has 6 nitrogen and oxygen atoms in total. The van der Waals surface area contributed by atoms with Crippen molar-refractivity contribution in [1.29, 1.82) is 0 Å². The summed E-state index contributed by atoms with van der Waals surface area (Å²) in [6.45, 7) is 0.362. The van der Waals surface area contributed by atoms with Gasteiger partial charge in [-0.05, 0) is 12.8 Å². The topological polar surface area (TPSA) is 72.2 Å². The van der Waals surface area contributed by atoms with Gasteiger partial charge in [-0.25, -0.2) is 0 Å². The Labute approximate surface area is 134 Å². The van der Waals surface area contributed by atoms with Crippen molar-refractivity contribution in [2.24, 2.45) is 5.92 Å². The molecule has 0 saturated heterocycles. The van der Waals surface area contributed by atoms with Crippen LogP contribution in [0.3, 0.4) is 0 Å². The van der Waals surface area contributed by atoms with E-state index in [2.05, 4.69) is 20.6 Å². The highest BCUT2D eigenvalue weighted by atomic mass is 32.1. The molecule has 1 aliphatic carbocycles. The Hall–Kier alpha value is -1.71. The summed E-state index contributed by atoms with van der Waals surface area (Å²) in [5.74, 6) is -1.02. The molecule has 0 spiro atoms. The summed E-state index contributed by atoms with van der Waals surface area (Å²) in [6, 6.07) is 0. The van der Waals surface area contributed by atoms with Crippen molar-refractivity contribution in [3.63, 3.8) is 0 Å². The second-order valence-corrected chi connectivity index (χ2v) is 6.63. The molecular formula is C13H16F3N5OS. The first-order valence-corrected chi connectivity index (χ1v) is 8.33. The molecule has 23 heavy (non-hydrogen) atoms. The van der Waals surface area contributed by atoms with E-state index in [1.54, 1.807) is 0 Å². The molecule has 0 bridgehead atoms. The third-order valence-electron chi connectivity index (χ3n) is 3.90. The van der Waals surface area contributed by atoms with Gasteiger partial charge >= 0.3 is 6.18 Å². The molecule has 2 heterocycles. The summed E-state index contributed by atoms with van der Waals surface area (Å²) in [6.07, 6.45) is 0.959. The van der Waals surface area contributed by atoms with Crippen LogP contribution in [0.1, 0.15) is 42.9 Å². The number of hydrogen-bond donors (Lipinski definition) is 1. The van der Waals surface area contributed by atoms with Crippen LogP contribution in [0.5, 0.6) is 0 Å². The van der Waals surface area contributed by atoms with Gasteiger partial charge in [-0.1, -0.05) is 30.6 Å². The average molecular weight is 347 g/mol. The molecule has 0 aromatic carbocycles. The minimum absolute atomic E-state index is 0.0312. The van der Waals surface area contributed by atoms with E-state index in [1.807, 2.05) is 0 Å². The fraction of sp³-hybridized carbons (Fsp3) is 0.692. The van der Waals surface area contributed by atoms with Gasteiger partial charge in [-0.15, -0.1) is 10.2 Å². The van der Waals surface area contributed by atoms with Gasteiger partial charge in [0.25, 0.3) is 5.82 Å². The quantitative estimate of drug-likeness (QED) is 0.922. The SMILES string of the molecule is O=C(NCCc1nn2c(C(F)(F)F)nnc2s1)C1CCCCC1. The summed E-state index contributed by atoms with van der Waals surface area (Å²) in [7, 11) is 0. The Morgan fingerprint density at radius 1 is 1.26 bits per heavy atom. The third kappa shape index (κ3) is 3.62. The number of fused-ring (bicyclic) bond motifs is 1. The highest BCUT2D eigenvalue weighted by molar-refractivity contribution is 7.16. The zero-order valence-electron chi connectivity index (χ0n) is 12.3. The minimum Gasteiger partial charge on any atom is -0.355 e. The second kappa shape index (κ2) is 6.42. The fourth-order valence-electron chi connectivity index (χ4n) is 2.74. The molecule has 0 aliphatic heterocycles. The molecule has 0 atom stereocenters. The van der Waals surface area contributed by atoms with Crippen molar-refractivity contribution in [3.05, 3.63) is 10.8 Å². The summed E-state index contributed by atoms with van der Waals surface area (Å²) in [5.41, 5.74) is 0. The monoisotopic (exact) mass is 347 g/mol. The molecular weight excluding hydrogens is 331 g/mol. The lowest BCUT2D eigenvalue weighted by Crippen LogP contribution is -2.33. The summed E-state index contributed by atoms with van der Waals surface area (Å²) in [4.78, 5) is 12.1. The van der Waals surface area contributed by atoms with Crippen molar-refractivity contribution in [2.75, 3.05) is 6.54 Å². The van der Waals surface area contributed by atoms with Crippen LogP contribution in [0.4, 0.5) is 13.2 Å². The Morgan fingerprint density at radius 3 is 2.70 bits per heavy atom. The van der Waals surface area contributed by atoms with Gasteiger partial charge < -0.3 is 5.32 Å². The third-order valence-corrected chi connectivity index (χ3v) is 4.86. The molecule has 1 aliphatic rings. The van der Waals surface area contributed by atoms with Crippen LogP contribution in [0.15, 0.2) is 0 Å². The van der Waals surface area contributed by atoms with Crippen molar-refractivity contribution in [1.82, 2.24) is 25.1 Å². The predicted octanol–water partition coefficient (Wildman–Crippen LogP) is 2.44. The molecule has 3 rings (SSSR count). The average Bonchev–Trinajstić information content (AvgIpc) is 3.07. The fourth-order valence-corrected chi connectivity index (χ4v) is 3.57. The zero-order valence-corrected chi connectivity index (χ0v) is 13.1. The lowest BCUT2D eigenvalue weighted by atomic mass is 9.89. The van der Waals surface area contributed by atoms with Crippen LogP contribution in [0, 0.1) is 5.92 Å². The summed E-state index contributed by atoms with van der Waals surface area (Å²) >= 11 is 1.05. The highest BCUT2D eigenvalue weighted by Crippen LogP contribution is 2.29. The number of rotatable bonds is 4. The second-order valence-electron chi connectivity index (χ2n) is 5.59. The Kier molecular flexibility index (Phi) is 4.51. The van der Waals surface area contributed by atoms with Crippen molar-refractivity contribution in [2.45, 2.75) is 44.7 Å². The van der Waals surface area contributed by atoms with E-state index in [0.717, 1.165) is 37.0 Å². The normalized spacial score (nSPS) is 16.8. The van der Waals surface area contributed by atoms with E-state index < -0.39 is 12.0 Å². The maximum atomic E-state index is 12.7. The molecule has 1 N–H and O–H groups in total. The number of carbonyl (C=O) groups excluding carboxylic acids is 1. The van der Waals surface area contributed by atoms with Gasteiger partial charge in [0.1, 0.15) is 5.01 Å². The van der Waals surface area contributed by atoms with Gasteiger partial charge in [0.15, 0.2) is 0 Å². The Balaban J connectivity index is 1.57. The number of aromatic nitrogens is 4. The Bertz CT molecular complexity index is 689. The number of alkyl halides is 3. The van der Waals surface area contributed by atoms with Crippen molar-refractivity contribution < 1.29 is 18.0 Å². The van der Waals surface area contributed by atoms with E-state index >= 15 is 0 Å². The molecule has 1 amide bonds. The van der Waals surface area contributed by atoms with Crippen LogP contribution < -0.4 is 5.32 Å². The highest BCUT2D eigenvalue weighted by Gasteiger charge is 2.38. The molecule has 2 aromatic heterocycles. The Morgan fingerprint density at radius 2 is 2.00 bits per heavy atom. The van der Waals surface area contributed by atoms with Crippen LogP contribution in [-0.2, 0) is 17.4 Å². The van der Waals surface area contributed by atoms with Gasteiger partial charge in [-0.2, -0.15) is 22.8 Å². The number of nitrogens with one attached hydrogen (secondary N) is 1. The summed E-state index contributed by atoms with van der Waals surface area (Å²) in [5, 5.41) is 13.8. The van der Waals surface area contributed by atoms with E-state index in [4.69, 9.17) is 0 Å². The van der Waals surface area contributed by atoms with Crippen LogP contribution in [0.25, 0.3) is 4.96 Å². The molecule has 1 fully saturated rings. The lowest BCUT2D eigenvalue weighted by Gasteiger charge is -2.20. The van der Waals surface area contributed by atoms with Crippen molar-refractivity contribution >= 4 is 22.2 Å². The summed E-state index contributed by atoms with van der Waals surface area (Å²) < 4.78 is 38.8. The first-order chi connectivity index (χ1) is 10.9. The minimum atomic E-state index is -4.58. The molecule has 10 heteroatoms. The standard InChI is InChI=1S/C13H16F3N5OS/c14-13(15,16)11-18-19-12-21(11)20-9(23-12)6-7-17-10(22)8-4-2-1-3-5-8/h8H,1-7H2,(H,17,22). The van der Waals surface area contributed by atoms with Gasteiger partial charge in [0.2, 0.25) is 10.9 Å². The first-order valence-electron chi connectivity index (χ1n) is 7.51. The van der Waals surface area contributed by atoms with Gasteiger partial charge in [-0.3, -0.25) is 4.79 Å². The number of carbonyl (C=O) groups is 1. The van der Waals surface area contributed by atoms with Gasteiger partial charge in [0.05, 0.1) is 0 Å². The van der Waals surface area contributed by atoms with Crippen LogP contribution in [-0.4, -0.2) is 32.3 Å². The number of amides is 1. The molecule has 0 radical (unpaired) electrons. The smallest absolute Gasteiger partial charge is 0.355 e. The van der Waals surface area contributed by atoms with Crippen molar-refractivity contribution in [3.8, 4) is 0 Å². The maximum absolute atomic E-state index is 12.7. The number of hydrogen-bond acceptors (Lipinski definition) is 5. The van der Waals surface area contributed by atoms with Gasteiger partial charge in [0, 0.05) is 18.9 Å². The van der Waals surface area contributed by atoms with E-state index in [9.17, 15) is 18.0 Å². The molecule has 126 valence electrons. The van der Waals surface area contributed by atoms with E-state index in [-0.39, 0.29) is 16.8 Å². The number of halogens is 3. The molecule has 2 aromatic rings. The predicted molar refractivity (Wildman–Crippen MR) is 76.9 cm³/mol. The van der Waals surface area contributed by atoms with Crippen LogP contribution >= 0.6 is 11.3 Å². The number of nitrogens with zero attached hydrogens (tertiary/aromatic N) is 4. The van der Waals surface area contributed by atoms with E-state index in [1.165, 1.54) is 6.42 Å². The maximum Gasteiger partial charge on any atom is 0.453 e. The largest absolute Gasteiger partial charge is 0.453 e.